The molecule has 0 aliphatic rings. The Balaban J connectivity index is 2.09. The number of fused-ring (bicyclic) bond motifs is 1. The summed E-state index contributed by atoms with van der Waals surface area (Å²) < 4.78 is 12.5. The van der Waals surface area contributed by atoms with Crippen LogP contribution in [0.2, 0.25) is 0 Å². The van der Waals surface area contributed by atoms with Gasteiger partial charge in [-0.15, -0.1) is 0 Å². The van der Waals surface area contributed by atoms with Crippen LogP contribution in [0.5, 0.6) is 11.5 Å². The molecule has 4 aromatic rings. The number of hydrogen-bond acceptors (Lipinski definition) is 3. The molecule has 0 spiro atoms. The van der Waals surface area contributed by atoms with E-state index in [9.17, 15) is 4.79 Å². The van der Waals surface area contributed by atoms with Crippen molar-refractivity contribution in [3.63, 3.8) is 0 Å². The molecule has 0 aliphatic heterocycles. The zero-order chi connectivity index (χ0) is 18.8. The first-order valence-corrected chi connectivity index (χ1v) is 8.65. The van der Waals surface area contributed by atoms with Crippen LogP contribution in [0.25, 0.3) is 27.7 Å². The minimum absolute atomic E-state index is 0.0802. The van der Waals surface area contributed by atoms with E-state index in [0.717, 1.165) is 28.1 Å². The Morgan fingerprint density at radius 3 is 2.15 bits per heavy atom. The van der Waals surface area contributed by atoms with Gasteiger partial charge in [-0.2, -0.15) is 0 Å². The zero-order valence-corrected chi connectivity index (χ0v) is 15.2. The van der Waals surface area contributed by atoms with E-state index in [4.69, 9.17) is 9.47 Å². The highest BCUT2D eigenvalue weighted by Gasteiger charge is 2.15. The lowest BCUT2D eigenvalue weighted by Gasteiger charge is -2.16. The van der Waals surface area contributed by atoms with Crippen LogP contribution in [-0.2, 0) is 0 Å². The van der Waals surface area contributed by atoms with E-state index in [1.807, 2.05) is 78.9 Å². The Morgan fingerprint density at radius 1 is 0.741 bits per heavy atom. The summed E-state index contributed by atoms with van der Waals surface area (Å²) in [6.07, 6.45) is 0. The number of nitrogens with zero attached hydrogens (tertiary/aromatic N) is 1. The number of hydrogen-bond donors (Lipinski definition) is 0. The monoisotopic (exact) mass is 357 g/mol. The van der Waals surface area contributed by atoms with Gasteiger partial charge in [0.25, 0.3) is 5.56 Å². The summed E-state index contributed by atoms with van der Waals surface area (Å²) in [6.45, 7) is 0. The SMILES string of the molecule is COc1ccc(-c2cc3c(OC)cccc3c(=O)n2-c2ccccc2)cc1. The van der Waals surface area contributed by atoms with Gasteiger partial charge in [-0.05, 0) is 60.2 Å². The van der Waals surface area contributed by atoms with Crippen LogP contribution >= 0.6 is 0 Å². The van der Waals surface area contributed by atoms with Gasteiger partial charge in [0, 0.05) is 11.1 Å². The Bertz CT molecular complexity index is 1150. The fourth-order valence-corrected chi connectivity index (χ4v) is 3.30. The fourth-order valence-electron chi connectivity index (χ4n) is 3.30. The molecule has 4 nitrogen and oxygen atoms in total. The third-order valence-corrected chi connectivity index (χ3v) is 4.64. The highest BCUT2D eigenvalue weighted by Crippen LogP contribution is 2.30. The maximum absolute atomic E-state index is 13.4. The molecule has 1 aromatic heterocycles. The number of methoxy groups -OCH3 is 2. The minimum Gasteiger partial charge on any atom is -0.497 e. The maximum Gasteiger partial charge on any atom is 0.263 e. The summed E-state index contributed by atoms with van der Waals surface area (Å²) in [5.74, 6) is 1.45. The smallest absolute Gasteiger partial charge is 0.263 e. The van der Waals surface area contributed by atoms with Crippen LogP contribution < -0.4 is 15.0 Å². The molecule has 27 heavy (non-hydrogen) atoms. The third-order valence-electron chi connectivity index (χ3n) is 4.64. The average molecular weight is 357 g/mol. The lowest BCUT2D eigenvalue weighted by atomic mass is 10.0. The van der Waals surface area contributed by atoms with Gasteiger partial charge in [-0.1, -0.05) is 24.3 Å². The first-order chi connectivity index (χ1) is 13.2. The lowest BCUT2D eigenvalue weighted by molar-refractivity contribution is 0.415. The van der Waals surface area contributed by atoms with E-state index in [1.54, 1.807) is 18.8 Å². The van der Waals surface area contributed by atoms with Gasteiger partial charge in [0.1, 0.15) is 11.5 Å². The Hall–Kier alpha value is -3.53. The van der Waals surface area contributed by atoms with Crippen LogP contribution in [-0.4, -0.2) is 18.8 Å². The molecule has 0 aliphatic carbocycles. The topological polar surface area (TPSA) is 40.5 Å². The molecule has 4 rings (SSSR count). The van der Waals surface area contributed by atoms with Crippen molar-refractivity contribution in [2.24, 2.45) is 0 Å². The molecule has 0 N–H and O–H groups in total. The molecular weight excluding hydrogens is 338 g/mol. The van der Waals surface area contributed by atoms with Crippen molar-refractivity contribution in [3.8, 4) is 28.4 Å². The van der Waals surface area contributed by atoms with Crippen molar-refractivity contribution in [1.29, 1.82) is 0 Å². The summed E-state index contributed by atoms with van der Waals surface area (Å²) in [7, 11) is 3.25. The van der Waals surface area contributed by atoms with Gasteiger partial charge >= 0.3 is 0 Å². The van der Waals surface area contributed by atoms with Crippen LogP contribution in [0, 0.1) is 0 Å². The molecular formula is C23H19NO3. The van der Waals surface area contributed by atoms with Crippen LogP contribution in [0.1, 0.15) is 0 Å². The fraction of sp³-hybridized carbons (Fsp3) is 0.0870. The first kappa shape index (κ1) is 16.9. The van der Waals surface area contributed by atoms with E-state index < -0.39 is 0 Å². The van der Waals surface area contributed by atoms with Gasteiger partial charge in [-0.3, -0.25) is 9.36 Å². The molecule has 0 bridgehead atoms. The highest BCUT2D eigenvalue weighted by molar-refractivity contribution is 5.91. The molecule has 1 heterocycles. The molecule has 0 fully saturated rings. The van der Waals surface area contributed by atoms with Crippen molar-refractivity contribution < 1.29 is 9.47 Å². The Labute approximate surface area is 157 Å². The summed E-state index contributed by atoms with van der Waals surface area (Å²) in [6, 6.07) is 24.9. The molecule has 0 amide bonds. The second-order valence-electron chi connectivity index (χ2n) is 6.16. The predicted molar refractivity (Wildman–Crippen MR) is 108 cm³/mol. The quantitative estimate of drug-likeness (QED) is 0.533. The molecule has 0 radical (unpaired) electrons. The van der Waals surface area contributed by atoms with Crippen molar-refractivity contribution in [1.82, 2.24) is 4.57 Å². The van der Waals surface area contributed by atoms with Gasteiger partial charge in [0.2, 0.25) is 0 Å². The normalized spacial score (nSPS) is 10.7. The van der Waals surface area contributed by atoms with Crippen molar-refractivity contribution in [2.75, 3.05) is 14.2 Å². The number of ether oxygens (including phenoxy) is 2. The van der Waals surface area contributed by atoms with E-state index in [-0.39, 0.29) is 5.56 Å². The Kier molecular flexibility index (Phi) is 4.38. The number of aromatic nitrogens is 1. The van der Waals surface area contributed by atoms with E-state index >= 15 is 0 Å². The van der Waals surface area contributed by atoms with Crippen molar-refractivity contribution in [2.45, 2.75) is 0 Å². The molecule has 0 atom stereocenters. The summed E-state index contributed by atoms with van der Waals surface area (Å²) >= 11 is 0. The van der Waals surface area contributed by atoms with Gasteiger partial charge in [-0.25, -0.2) is 0 Å². The predicted octanol–water partition coefficient (Wildman–Crippen LogP) is 4.67. The second kappa shape index (κ2) is 7.00. The van der Waals surface area contributed by atoms with E-state index in [2.05, 4.69) is 0 Å². The number of benzene rings is 3. The van der Waals surface area contributed by atoms with Crippen LogP contribution in [0.4, 0.5) is 0 Å². The maximum atomic E-state index is 13.4. The minimum atomic E-state index is -0.0802. The molecule has 0 saturated carbocycles. The average Bonchev–Trinajstić information content (AvgIpc) is 2.74. The largest absolute Gasteiger partial charge is 0.497 e. The number of rotatable bonds is 4. The summed E-state index contributed by atoms with van der Waals surface area (Å²) in [4.78, 5) is 13.4. The standard InChI is InChI=1S/C23H19NO3/c1-26-18-13-11-16(12-14-18)21-15-20-19(9-6-10-22(20)27-2)23(25)24(21)17-7-4-3-5-8-17/h3-15H,1-2H3. The lowest BCUT2D eigenvalue weighted by Crippen LogP contribution is -2.20. The first-order valence-electron chi connectivity index (χ1n) is 8.65. The number of pyridine rings is 1. The summed E-state index contributed by atoms with van der Waals surface area (Å²) in [5.41, 5.74) is 2.46. The third kappa shape index (κ3) is 2.95. The second-order valence-corrected chi connectivity index (χ2v) is 6.16. The zero-order valence-electron chi connectivity index (χ0n) is 15.2. The van der Waals surface area contributed by atoms with Gasteiger partial charge in [0.05, 0.1) is 25.3 Å². The highest BCUT2D eigenvalue weighted by atomic mass is 16.5. The molecule has 0 unspecified atom stereocenters. The van der Waals surface area contributed by atoms with Gasteiger partial charge in [0.15, 0.2) is 0 Å². The molecule has 3 aromatic carbocycles. The van der Waals surface area contributed by atoms with Crippen LogP contribution in [0.15, 0.2) is 83.7 Å². The van der Waals surface area contributed by atoms with Gasteiger partial charge < -0.3 is 9.47 Å². The molecule has 4 heteroatoms. The van der Waals surface area contributed by atoms with E-state index in [0.29, 0.717) is 11.1 Å². The van der Waals surface area contributed by atoms with Crippen molar-refractivity contribution in [3.05, 3.63) is 89.2 Å². The summed E-state index contributed by atoms with van der Waals surface area (Å²) in [5, 5.41) is 1.42. The Morgan fingerprint density at radius 2 is 1.48 bits per heavy atom. The molecule has 134 valence electrons. The van der Waals surface area contributed by atoms with Crippen molar-refractivity contribution >= 4 is 10.8 Å². The number of para-hydroxylation sites is 1. The van der Waals surface area contributed by atoms with E-state index in [1.165, 1.54) is 0 Å². The molecule has 0 saturated heterocycles. The van der Waals surface area contributed by atoms with Crippen LogP contribution in [0.3, 0.4) is 0 Å².